The van der Waals surface area contributed by atoms with E-state index in [2.05, 4.69) is 28.2 Å². The molecule has 1 aliphatic rings. The first-order valence-electron chi connectivity index (χ1n) is 12.9. The predicted molar refractivity (Wildman–Crippen MR) is 161 cm³/mol. The van der Waals surface area contributed by atoms with Crippen LogP contribution in [0.3, 0.4) is 0 Å². The summed E-state index contributed by atoms with van der Waals surface area (Å²) in [6.07, 6.45) is 0. The number of carbonyl (C=O) groups is 2. The number of ether oxygens (including phenoxy) is 2. The maximum atomic E-state index is 15.2. The van der Waals surface area contributed by atoms with Crippen molar-refractivity contribution in [3.8, 4) is 5.75 Å². The third-order valence-electron chi connectivity index (χ3n) is 6.07. The van der Waals surface area contributed by atoms with Crippen LogP contribution in [0.15, 0.2) is 52.9 Å². The number of benzene rings is 2. The zero-order chi connectivity index (χ0) is 30.7. The lowest BCUT2D eigenvalue weighted by Gasteiger charge is -2.25. The van der Waals surface area contributed by atoms with Crippen LogP contribution < -0.4 is 19.7 Å². The molecule has 3 aromatic rings. The number of anilines is 2. The summed E-state index contributed by atoms with van der Waals surface area (Å²) >= 11 is 5.27. The third kappa shape index (κ3) is 7.58. The zero-order valence-corrected chi connectivity index (χ0v) is 26.0. The lowest BCUT2D eigenvalue weighted by Crippen LogP contribution is -2.37. The number of hydrogen-bond acceptors (Lipinski definition) is 11. The number of amides is 1. The topological polar surface area (TPSA) is 130 Å². The number of aromatic nitrogens is 1. The number of halogens is 1. The third-order valence-corrected chi connectivity index (χ3v) is 9.29. The molecule has 0 aliphatic carbocycles. The highest BCUT2D eigenvalue weighted by molar-refractivity contribution is 7.93. The highest BCUT2D eigenvalue weighted by atomic mass is 32.2. The van der Waals surface area contributed by atoms with Gasteiger partial charge < -0.3 is 14.8 Å². The van der Waals surface area contributed by atoms with Crippen LogP contribution in [0.1, 0.15) is 36.8 Å². The summed E-state index contributed by atoms with van der Waals surface area (Å²) < 4.78 is 54.9. The zero-order valence-electron chi connectivity index (χ0n) is 23.5. The fourth-order valence-electron chi connectivity index (χ4n) is 4.06. The number of rotatable bonds is 10. The summed E-state index contributed by atoms with van der Waals surface area (Å²) in [5.41, 5.74) is 0.426. The Kier molecular flexibility index (Phi) is 9.77. The van der Waals surface area contributed by atoms with Crippen LogP contribution in [0.2, 0.25) is 0 Å². The van der Waals surface area contributed by atoms with Gasteiger partial charge in [0.25, 0.3) is 10.0 Å². The van der Waals surface area contributed by atoms with Crippen LogP contribution in [0.25, 0.3) is 0 Å². The molecule has 11 nitrogen and oxygen atoms in total. The first-order valence-corrected chi connectivity index (χ1v) is 15.7. The Morgan fingerprint density at radius 1 is 1.24 bits per heavy atom. The van der Waals surface area contributed by atoms with Crippen molar-refractivity contribution < 1.29 is 31.9 Å². The first-order chi connectivity index (χ1) is 19.8. The number of esters is 1. The van der Waals surface area contributed by atoms with Gasteiger partial charge in [-0.05, 0) is 56.7 Å². The predicted octanol–water partition coefficient (Wildman–Crippen LogP) is 3.70. The van der Waals surface area contributed by atoms with Crippen molar-refractivity contribution in [3.63, 3.8) is 0 Å². The fourth-order valence-corrected chi connectivity index (χ4v) is 6.87. The molecule has 1 saturated heterocycles. The fraction of sp³-hybridized carbons (Fsp3) is 0.370. The molecule has 1 aliphatic heterocycles. The molecule has 42 heavy (non-hydrogen) atoms. The Balaban J connectivity index is 1.66. The van der Waals surface area contributed by atoms with Gasteiger partial charge in [-0.1, -0.05) is 12.1 Å². The number of nitrogens with zero attached hydrogens (tertiary/aromatic N) is 3. The van der Waals surface area contributed by atoms with Gasteiger partial charge >= 0.3 is 5.97 Å². The maximum absolute atomic E-state index is 15.2. The summed E-state index contributed by atoms with van der Waals surface area (Å²) in [6.45, 7) is 6.12. The Morgan fingerprint density at radius 3 is 2.55 bits per heavy atom. The number of carbonyl (C=O) groups excluding carboxylic acids is 2. The van der Waals surface area contributed by atoms with Crippen molar-refractivity contribution in [3.05, 3.63) is 65.0 Å². The lowest BCUT2D eigenvalue weighted by atomic mass is 10.2. The Hall–Kier alpha value is -3.24. The minimum absolute atomic E-state index is 0.0124. The van der Waals surface area contributed by atoms with Crippen molar-refractivity contribution in [2.24, 2.45) is 0 Å². The largest absolute Gasteiger partial charge is 0.497 e. The molecular formula is C27H32FN5O6S3. The number of nitrogens with one attached hydrogen (secondary N) is 2. The molecule has 2 aromatic carbocycles. The van der Waals surface area contributed by atoms with Gasteiger partial charge in [0.1, 0.15) is 27.7 Å². The normalized spacial score (nSPS) is 15.8. The molecule has 1 atom stereocenters. The van der Waals surface area contributed by atoms with E-state index in [-0.39, 0.29) is 39.9 Å². The van der Waals surface area contributed by atoms with Gasteiger partial charge in [-0.25, -0.2) is 22.6 Å². The molecule has 2 N–H and O–H groups in total. The van der Waals surface area contributed by atoms with Gasteiger partial charge in [-0.2, -0.15) is 0 Å². The van der Waals surface area contributed by atoms with Crippen molar-refractivity contribution >= 4 is 56.6 Å². The smallest absolute Gasteiger partial charge is 0.360 e. The summed E-state index contributed by atoms with van der Waals surface area (Å²) in [7, 11) is -2.93. The maximum Gasteiger partial charge on any atom is 0.360 e. The van der Waals surface area contributed by atoms with Crippen LogP contribution >= 0.6 is 24.0 Å². The average Bonchev–Trinajstić information content (AvgIpc) is 3.57. The first kappa shape index (κ1) is 31.7. The van der Waals surface area contributed by atoms with Gasteiger partial charge in [0, 0.05) is 13.1 Å². The van der Waals surface area contributed by atoms with Crippen LogP contribution in [-0.4, -0.2) is 68.0 Å². The second-order valence-corrected chi connectivity index (χ2v) is 13.5. The van der Waals surface area contributed by atoms with Crippen molar-refractivity contribution in [2.75, 3.05) is 36.4 Å². The standard InChI is InChI=1S/C27H32FN5O6S3/c1-27(2,3)39-25(35)23-24(41-16-30-23)33(14-17-5-7-18(38-4)8-6-17)42(36,37)19-9-10-21(20(28)13-19)31-22(34)15-32-12-11-29-26(32)40/h5-10,13,16,26,29,40H,11-12,14-15H2,1-4H3,(H,31,34). The lowest BCUT2D eigenvalue weighted by molar-refractivity contribution is -0.117. The van der Waals surface area contributed by atoms with Gasteiger partial charge in [-0.15, -0.1) is 24.0 Å². The second-order valence-electron chi connectivity index (χ2n) is 10.4. The van der Waals surface area contributed by atoms with Crippen LogP contribution in [-0.2, 0) is 26.1 Å². The quantitative estimate of drug-likeness (QED) is 0.225. The molecule has 2 heterocycles. The number of thiol groups is 1. The molecule has 226 valence electrons. The number of hydrogen-bond donors (Lipinski definition) is 3. The van der Waals surface area contributed by atoms with E-state index < -0.39 is 33.3 Å². The molecule has 4 rings (SSSR count). The van der Waals surface area contributed by atoms with Crippen molar-refractivity contribution in [2.45, 2.75) is 43.3 Å². The van der Waals surface area contributed by atoms with Crippen molar-refractivity contribution in [1.29, 1.82) is 0 Å². The van der Waals surface area contributed by atoms with Gasteiger partial charge in [0.15, 0.2) is 5.69 Å². The van der Waals surface area contributed by atoms with E-state index in [0.29, 0.717) is 24.4 Å². The highest BCUT2D eigenvalue weighted by Crippen LogP contribution is 2.34. The number of thiazole rings is 1. The monoisotopic (exact) mass is 637 g/mol. The molecule has 0 spiro atoms. The highest BCUT2D eigenvalue weighted by Gasteiger charge is 2.33. The van der Waals surface area contributed by atoms with Gasteiger partial charge in [0.05, 0.1) is 36.3 Å². The summed E-state index contributed by atoms with van der Waals surface area (Å²) in [4.78, 5) is 30.9. The van der Waals surface area contributed by atoms with E-state index in [4.69, 9.17) is 9.47 Å². The number of sulfonamides is 1. The van der Waals surface area contributed by atoms with Crippen LogP contribution in [0.4, 0.5) is 15.1 Å². The Bertz CT molecular complexity index is 1540. The Morgan fingerprint density at radius 2 is 1.95 bits per heavy atom. The summed E-state index contributed by atoms with van der Waals surface area (Å²) in [5.74, 6) is -1.63. The molecule has 0 saturated carbocycles. The summed E-state index contributed by atoms with van der Waals surface area (Å²) in [5, 5.41) is 5.56. The molecule has 1 unspecified atom stereocenters. The van der Waals surface area contributed by atoms with Crippen LogP contribution in [0, 0.1) is 5.82 Å². The molecule has 0 bridgehead atoms. The second kappa shape index (κ2) is 13.0. The molecular weight excluding hydrogens is 606 g/mol. The van der Waals surface area contributed by atoms with Crippen LogP contribution in [0.5, 0.6) is 5.75 Å². The van der Waals surface area contributed by atoms with E-state index in [1.165, 1.54) is 24.8 Å². The van der Waals surface area contributed by atoms with E-state index in [9.17, 15) is 18.0 Å². The molecule has 1 aromatic heterocycles. The molecule has 0 radical (unpaired) electrons. The molecule has 1 amide bonds. The Labute approximate surface area is 253 Å². The van der Waals surface area contributed by atoms with Gasteiger partial charge in [0.2, 0.25) is 5.91 Å². The SMILES string of the molecule is COc1ccc(CN(c2scnc2C(=O)OC(C)(C)C)S(=O)(=O)c2ccc(NC(=O)CN3CCNC3S)c(F)c2)cc1. The van der Waals surface area contributed by atoms with E-state index in [1.807, 2.05) is 0 Å². The number of methoxy groups -OCH3 is 1. The minimum Gasteiger partial charge on any atom is -0.497 e. The summed E-state index contributed by atoms with van der Waals surface area (Å²) in [6, 6.07) is 9.92. The van der Waals surface area contributed by atoms with E-state index >= 15 is 4.39 Å². The van der Waals surface area contributed by atoms with Gasteiger partial charge in [-0.3, -0.25) is 19.3 Å². The van der Waals surface area contributed by atoms with E-state index in [1.54, 1.807) is 49.9 Å². The van der Waals surface area contributed by atoms with Crippen molar-refractivity contribution in [1.82, 2.24) is 15.2 Å². The molecule has 1 fully saturated rings. The van der Waals surface area contributed by atoms with E-state index in [0.717, 1.165) is 21.7 Å². The molecule has 15 heteroatoms. The average molecular weight is 638 g/mol. The minimum atomic E-state index is -4.45.